The maximum absolute atomic E-state index is 13.9. The summed E-state index contributed by atoms with van der Waals surface area (Å²) in [6, 6.07) is 13.1. The number of halogens is 1. The Morgan fingerprint density at radius 3 is 2.53 bits per heavy atom. The van der Waals surface area contributed by atoms with Crippen LogP contribution in [-0.2, 0) is 24.4 Å². The molecule has 30 heavy (non-hydrogen) atoms. The molecular weight excluding hydrogens is 383 g/mol. The molecule has 0 atom stereocenters. The third kappa shape index (κ3) is 5.28. The number of hydrogen-bond acceptors (Lipinski definition) is 3. The largest absolute Gasteiger partial charge is 0.494 e. The van der Waals surface area contributed by atoms with Gasteiger partial charge >= 0.3 is 0 Å². The lowest BCUT2D eigenvalue weighted by molar-refractivity contribution is -0.131. The van der Waals surface area contributed by atoms with Gasteiger partial charge in [-0.15, -0.1) is 0 Å². The van der Waals surface area contributed by atoms with Gasteiger partial charge in [0.15, 0.2) is 17.5 Å². The highest BCUT2D eigenvalue weighted by Gasteiger charge is 2.22. The SMILES string of the molecule is CN=C(NCCCC(=O)N1Cc2ccccc2C1)N(C)Cc1ccc(OC)c(F)c1. The molecule has 0 bridgehead atoms. The monoisotopic (exact) mass is 412 g/mol. The number of methoxy groups -OCH3 is 1. The Bertz CT molecular complexity index is 891. The molecule has 0 saturated heterocycles. The van der Waals surface area contributed by atoms with Crippen molar-refractivity contribution < 1.29 is 13.9 Å². The second kappa shape index (κ2) is 10.1. The zero-order chi connectivity index (χ0) is 21.5. The van der Waals surface area contributed by atoms with Gasteiger partial charge < -0.3 is 19.9 Å². The molecular formula is C23H29FN4O2. The van der Waals surface area contributed by atoms with Crippen LogP contribution in [0.5, 0.6) is 5.75 Å². The van der Waals surface area contributed by atoms with Gasteiger partial charge in [0.05, 0.1) is 7.11 Å². The first kappa shape index (κ1) is 21.6. The van der Waals surface area contributed by atoms with Crippen molar-refractivity contribution in [2.75, 3.05) is 27.7 Å². The summed E-state index contributed by atoms with van der Waals surface area (Å²) in [4.78, 5) is 20.6. The van der Waals surface area contributed by atoms with E-state index < -0.39 is 0 Å². The molecule has 0 aromatic heterocycles. The molecule has 1 amide bonds. The summed E-state index contributed by atoms with van der Waals surface area (Å²) in [5.74, 6) is 0.723. The van der Waals surface area contributed by atoms with Crippen molar-refractivity contribution in [2.45, 2.75) is 32.5 Å². The van der Waals surface area contributed by atoms with Crippen molar-refractivity contribution in [1.82, 2.24) is 15.1 Å². The highest BCUT2D eigenvalue weighted by atomic mass is 19.1. The van der Waals surface area contributed by atoms with Crippen molar-refractivity contribution in [3.8, 4) is 5.75 Å². The zero-order valence-corrected chi connectivity index (χ0v) is 17.8. The van der Waals surface area contributed by atoms with Crippen molar-refractivity contribution in [3.63, 3.8) is 0 Å². The van der Waals surface area contributed by atoms with Gasteiger partial charge in [-0.05, 0) is 35.2 Å². The Morgan fingerprint density at radius 2 is 1.93 bits per heavy atom. The van der Waals surface area contributed by atoms with E-state index in [1.807, 2.05) is 35.0 Å². The fourth-order valence-electron chi connectivity index (χ4n) is 3.65. The van der Waals surface area contributed by atoms with Gasteiger partial charge in [0.1, 0.15) is 0 Å². The van der Waals surface area contributed by atoms with Crippen molar-refractivity contribution >= 4 is 11.9 Å². The van der Waals surface area contributed by atoms with Gasteiger partial charge in [-0.3, -0.25) is 9.79 Å². The quantitative estimate of drug-likeness (QED) is 0.431. The van der Waals surface area contributed by atoms with Crippen molar-refractivity contribution in [1.29, 1.82) is 0 Å². The minimum absolute atomic E-state index is 0.171. The van der Waals surface area contributed by atoms with Crippen LogP contribution in [0, 0.1) is 5.82 Å². The van der Waals surface area contributed by atoms with E-state index in [2.05, 4.69) is 22.4 Å². The maximum Gasteiger partial charge on any atom is 0.223 e. The van der Waals surface area contributed by atoms with Gasteiger partial charge in [-0.1, -0.05) is 30.3 Å². The lowest BCUT2D eigenvalue weighted by Gasteiger charge is -2.22. The number of benzene rings is 2. The first-order valence-corrected chi connectivity index (χ1v) is 10.1. The predicted molar refractivity (Wildman–Crippen MR) is 116 cm³/mol. The van der Waals surface area contributed by atoms with Crippen LogP contribution >= 0.6 is 0 Å². The molecule has 2 aromatic rings. The molecule has 1 aliphatic rings. The van der Waals surface area contributed by atoms with Gasteiger partial charge in [-0.25, -0.2) is 4.39 Å². The Balaban J connectivity index is 1.42. The second-order valence-electron chi connectivity index (χ2n) is 7.42. The maximum atomic E-state index is 13.9. The number of carbonyl (C=O) groups is 1. The number of amides is 1. The second-order valence-corrected chi connectivity index (χ2v) is 7.42. The number of nitrogens with one attached hydrogen (secondary N) is 1. The van der Waals surface area contributed by atoms with E-state index in [4.69, 9.17) is 4.74 Å². The minimum Gasteiger partial charge on any atom is -0.494 e. The van der Waals surface area contributed by atoms with Crippen LogP contribution in [0.15, 0.2) is 47.5 Å². The first-order valence-electron chi connectivity index (χ1n) is 10.1. The molecule has 7 heteroatoms. The van der Waals surface area contributed by atoms with Crippen LogP contribution in [0.25, 0.3) is 0 Å². The van der Waals surface area contributed by atoms with E-state index in [0.717, 1.165) is 12.0 Å². The van der Waals surface area contributed by atoms with E-state index in [1.165, 1.54) is 24.3 Å². The molecule has 0 aliphatic carbocycles. The summed E-state index contributed by atoms with van der Waals surface area (Å²) in [5, 5.41) is 3.28. The van der Waals surface area contributed by atoms with Crippen molar-refractivity contribution in [2.24, 2.45) is 4.99 Å². The lowest BCUT2D eigenvalue weighted by Crippen LogP contribution is -2.39. The average Bonchev–Trinajstić information content (AvgIpc) is 3.18. The Labute approximate surface area is 177 Å². The van der Waals surface area contributed by atoms with E-state index in [9.17, 15) is 9.18 Å². The molecule has 1 heterocycles. The van der Waals surface area contributed by atoms with Crippen LogP contribution < -0.4 is 10.1 Å². The zero-order valence-electron chi connectivity index (χ0n) is 17.8. The number of ether oxygens (including phenoxy) is 1. The summed E-state index contributed by atoms with van der Waals surface area (Å²) in [6.45, 7) is 2.54. The van der Waals surface area contributed by atoms with Gasteiger partial charge in [0.25, 0.3) is 0 Å². The third-order valence-electron chi connectivity index (χ3n) is 5.25. The summed E-state index contributed by atoms with van der Waals surface area (Å²) < 4.78 is 18.9. The van der Waals surface area contributed by atoms with Gasteiger partial charge in [0, 0.05) is 46.7 Å². The molecule has 0 fully saturated rings. The highest BCUT2D eigenvalue weighted by Crippen LogP contribution is 2.23. The fourth-order valence-corrected chi connectivity index (χ4v) is 3.65. The molecule has 2 aromatic carbocycles. The number of hydrogen-bond donors (Lipinski definition) is 1. The van der Waals surface area contributed by atoms with Gasteiger partial charge in [-0.2, -0.15) is 0 Å². The normalized spacial score (nSPS) is 13.2. The average molecular weight is 413 g/mol. The van der Waals surface area contributed by atoms with Crippen LogP contribution in [0.2, 0.25) is 0 Å². The van der Waals surface area contributed by atoms with E-state index >= 15 is 0 Å². The topological polar surface area (TPSA) is 57.2 Å². The number of nitrogens with zero attached hydrogens (tertiary/aromatic N) is 3. The summed E-state index contributed by atoms with van der Waals surface area (Å²) >= 11 is 0. The van der Waals surface area contributed by atoms with Gasteiger partial charge in [0.2, 0.25) is 5.91 Å². The standard InChI is InChI=1S/C23H29FN4O2/c1-25-23(27(2)14-17-10-11-21(30-3)20(24)13-17)26-12-6-9-22(29)28-15-18-7-4-5-8-19(18)16-28/h4-5,7-8,10-11,13H,6,9,12,14-16H2,1-3H3,(H,25,26). The molecule has 1 aliphatic heterocycles. The molecule has 0 saturated carbocycles. The molecule has 3 rings (SSSR count). The smallest absolute Gasteiger partial charge is 0.223 e. The molecule has 6 nitrogen and oxygen atoms in total. The van der Waals surface area contributed by atoms with E-state index in [-0.39, 0.29) is 17.5 Å². The highest BCUT2D eigenvalue weighted by molar-refractivity contribution is 5.80. The number of guanidine groups is 1. The summed E-state index contributed by atoms with van der Waals surface area (Å²) in [6.07, 6.45) is 1.21. The molecule has 1 N–H and O–H groups in total. The molecule has 0 spiro atoms. The van der Waals surface area contributed by atoms with Crippen LogP contribution in [0.1, 0.15) is 29.5 Å². The van der Waals surface area contributed by atoms with Crippen molar-refractivity contribution in [3.05, 3.63) is 65.0 Å². The third-order valence-corrected chi connectivity index (χ3v) is 5.25. The van der Waals surface area contributed by atoms with Crippen LogP contribution in [0.4, 0.5) is 4.39 Å². The Kier molecular flexibility index (Phi) is 7.27. The Hall–Kier alpha value is -3.09. The van der Waals surface area contributed by atoms with E-state index in [1.54, 1.807) is 13.1 Å². The molecule has 0 radical (unpaired) electrons. The molecule has 160 valence electrons. The first-order chi connectivity index (χ1) is 14.5. The van der Waals surface area contributed by atoms with Crippen LogP contribution in [-0.4, -0.2) is 49.4 Å². The fraction of sp³-hybridized carbons (Fsp3) is 0.391. The molecule has 0 unspecified atom stereocenters. The number of fused-ring (bicyclic) bond motifs is 1. The summed E-state index contributed by atoms with van der Waals surface area (Å²) in [7, 11) is 5.05. The number of carbonyl (C=O) groups excluding carboxylic acids is 1. The number of aliphatic imine (C=N–C) groups is 1. The lowest BCUT2D eigenvalue weighted by atomic mass is 10.1. The number of rotatable bonds is 7. The van der Waals surface area contributed by atoms with E-state index in [0.29, 0.717) is 38.6 Å². The van der Waals surface area contributed by atoms with Crippen LogP contribution in [0.3, 0.4) is 0 Å². The minimum atomic E-state index is -0.381. The Morgan fingerprint density at radius 1 is 1.23 bits per heavy atom. The predicted octanol–water partition coefficient (Wildman–Crippen LogP) is 3.16. The summed E-state index contributed by atoms with van der Waals surface area (Å²) in [5.41, 5.74) is 3.30.